The molecule has 0 fully saturated rings. The van der Waals surface area contributed by atoms with Gasteiger partial charge >= 0.3 is 0 Å². The van der Waals surface area contributed by atoms with E-state index in [-0.39, 0.29) is 23.3 Å². The number of benzene rings is 1. The highest BCUT2D eigenvalue weighted by atomic mass is 79.9. The van der Waals surface area contributed by atoms with Gasteiger partial charge in [-0.05, 0) is 22.0 Å². The lowest BCUT2D eigenvalue weighted by Crippen LogP contribution is -2.03. The molecule has 2 aromatic rings. The number of hydrogen-bond acceptors (Lipinski definition) is 4. The minimum Gasteiger partial charge on any atom is -0.394 e. The average molecular weight is 333 g/mol. The molecule has 2 rings (SSSR count). The van der Waals surface area contributed by atoms with Crippen molar-refractivity contribution in [3.8, 4) is 0 Å². The second-order valence-electron chi connectivity index (χ2n) is 3.80. The highest BCUT2D eigenvalue weighted by Crippen LogP contribution is 2.23. The van der Waals surface area contributed by atoms with Crippen LogP contribution in [0, 0.1) is 11.6 Å². The molecule has 1 aromatic heterocycles. The molecular formula is C11H11BrF2N4O. The quantitative estimate of drug-likeness (QED) is 0.821. The minimum atomic E-state index is -0.559. The first kappa shape index (κ1) is 13.9. The molecule has 1 aromatic carbocycles. The third kappa shape index (κ3) is 3.48. The van der Waals surface area contributed by atoms with Crippen LogP contribution in [0.25, 0.3) is 0 Å². The maximum absolute atomic E-state index is 13.5. The number of halogens is 3. The number of nitrogens with zero attached hydrogens (tertiary/aromatic N) is 3. The van der Waals surface area contributed by atoms with Gasteiger partial charge in [0.05, 0.1) is 36.1 Å². The van der Waals surface area contributed by atoms with Gasteiger partial charge in [0.2, 0.25) is 0 Å². The fourth-order valence-corrected chi connectivity index (χ4v) is 1.79. The Kier molecular flexibility index (Phi) is 4.43. The van der Waals surface area contributed by atoms with E-state index in [4.69, 9.17) is 5.11 Å². The van der Waals surface area contributed by atoms with Gasteiger partial charge in [0, 0.05) is 6.07 Å². The van der Waals surface area contributed by atoms with Crippen LogP contribution >= 0.6 is 15.9 Å². The lowest BCUT2D eigenvalue weighted by Gasteiger charge is -2.06. The van der Waals surface area contributed by atoms with E-state index in [2.05, 4.69) is 31.6 Å². The van der Waals surface area contributed by atoms with Crippen molar-refractivity contribution < 1.29 is 13.9 Å². The summed E-state index contributed by atoms with van der Waals surface area (Å²) in [5, 5.41) is 19.1. The molecule has 1 heterocycles. The standard InChI is InChI=1S/C11H11BrF2N4O/c12-8-3-10(14)11(4-9(8)13)15-5-7-6-18(1-2-19)17-16-7/h3-4,6,15,19H,1-2,5H2. The number of anilines is 1. The van der Waals surface area contributed by atoms with Crippen LogP contribution in [0.15, 0.2) is 22.8 Å². The molecule has 0 aliphatic rings. The molecule has 0 unspecified atom stereocenters. The summed E-state index contributed by atoms with van der Waals surface area (Å²) in [6, 6.07) is 2.12. The summed E-state index contributed by atoms with van der Waals surface area (Å²) in [5.74, 6) is -1.11. The Morgan fingerprint density at radius 1 is 1.32 bits per heavy atom. The Balaban J connectivity index is 2.03. The van der Waals surface area contributed by atoms with Crippen molar-refractivity contribution in [2.24, 2.45) is 0 Å². The van der Waals surface area contributed by atoms with Gasteiger partial charge in [-0.15, -0.1) is 5.10 Å². The van der Waals surface area contributed by atoms with Gasteiger partial charge in [-0.25, -0.2) is 13.5 Å². The molecule has 2 N–H and O–H groups in total. The number of aliphatic hydroxyl groups excluding tert-OH is 1. The molecule has 102 valence electrons. The SMILES string of the molecule is OCCn1cc(CNc2cc(F)c(Br)cc2F)nn1. The summed E-state index contributed by atoms with van der Waals surface area (Å²) in [6.45, 7) is 0.514. The van der Waals surface area contributed by atoms with Crippen molar-refractivity contribution in [2.45, 2.75) is 13.1 Å². The fraction of sp³-hybridized carbons (Fsp3) is 0.273. The molecule has 0 bridgehead atoms. The van der Waals surface area contributed by atoms with Crippen molar-refractivity contribution in [3.63, 3.8) is 0 Å². The van der Waals surface area contributed by atoms with E-state index in [0.29, 0.717) is 12.2 Å². The molecule has 0 aliphatic carbocycles. The minimum absolute atomic E-state index is 0.0389. The van der Waals surface area contributed by atoms with Crippen molar-refractivity contribution in [2.75, 3.05) is 11.9 Å². The first-order valence-corrected chi connectivity index (χ1v) is 6.27. The normalized spacial score (nSPS) is 10.7. The first-order chi connectivity index (χ1) is 9.10. The lowest BCUT2D eigenvalue weighted by molar-refractivity contribution is 0.268. The number of aliphatic hydroxyl groups is 1. The van der Waals surface area contributed by atoms with Crippen LogP contribution in [0.5, 0.6) is 0 Å². The molecule has 0 atom stereocenters. The third-order valence-electron chi connectivity index (χ3n) is 2.39. The number of aromatic nitrogens is 3. The molecule has 0 saturated heterocycles. The van der Waals surface area contributed by atoms with E-state index in [1.165, 1.54) is 4.68 Å². The van der Waals surface area contributed by atoms with Crippen molar-refractivity contribution in [1.82, 2.24) is 15.0 Å². The molecule has 19 heavy (non-hydrogen) atoms. The van der Waals surface area contributed by atoms with E-state index in [1.807, 2.05) is 0 Å². The molecule has 5 nitrogen and oxygen atoms in total. The predicted octanol–water partition coefficient (Wildman–Crippen LogP) is 1.92. The van der Waals surface area contributed by atoms with Gasteiger partial charge < -0.3 is 10.4 Å². The summed E-state index contributed by atoms with van der Waals surface area (Å²) in [5.41, 5.74) is 0.619. The van der Waals surface area contributed by atoms with Crippen molar-refractivity contribution >= 4 is 21.6 Å². The van der Waals surface area contributed by atoms with Crippen LogP contribution in [0.1, 0.15) is 5.69 Å². The largest absolute Gasteiger partial charge is 0.394 e. The van der Waals surface area contributed by atoms with E-state index < -0.39 is 11.6 Å². The van der Waals surface area contributed by atoms with Gasteiger partial charge in [0.1, 0.15) is 17.3 Å². The maximum atomic E-state index is 13.5. The van der Waals surface area contributed by atoms with Gasteiger partial charge in [0.25, 0.3) is 0 Å². The summed E-state index contributed by atoms with van der Waals surface area (Å²) in [4.78, 5) is 0. The highest BCUT2D eigenvalue weighted by molar-refractivity contribution is 9.10. The zero-order chi connectivity index (χ0) is 13.8. The van der Waals surface area contributed by atoms with Gasteiger partial charge in [-0.2, -0.15) is 0 Å². The zero-order valence-corrected chi connectivity index (χ0v) is 11.4. The van der Waals surface area contributed by atoms with Crippen molar-refractivity contribution in [1.29, 1.82) is 0 Å². The first-order valence-electron chi connectivity index (χ1n) is 5.48. The van der Waals surface area contributed by atoms with Crippen LogP contribution in [0.4, 0.5) is 14.5 Å². The van der Waals surface area contributed by atoms with Crippen LogP contribution in [-0.2, 0) is 13.1 Å². The zero-order valence-electron chi connectivity index (χ0n) is 9.78. The Labute approximate surface area is 116 Å². The van der Waals surface area contributed by atoms with Crippen LogP contribution < -0.4 is 5.32 Å². The topological polar surface area (TPSA) is 63.0 Å². The van der Waals surface area contributed by atoms with E-state index in [1.54, 1.807) is 6.20 Å². The molecule has 0 saturated carbocycles. The summed E-state index contributed by atoms with van der Waals surface area (Å²) >= 11 is 2.90. The molecular weight excluding hydrogens is 322 g/mol. The predicted molar refractivity (Wildman–Crippen MR) is 68.5 cm³/mol. The van der Waals surface area contributed by atoms with Crippen LogP contribution in [-0.4, -0.2) is 26.7 Å². The summed E-state index contributed by atoms with van der Waals surface area (Å²) in [6.07, 6.45) is 1.62. The van der Waals surface area contributed by atoms with Crippen LogP contribution in [0.2, 0.25) is 0 Å². The fourth-order valence-electron chi connectivity index (χ4n) is 1.48. The Morgan fingerprint density at radius 3 is 2.84 bits per heavy atom. The smallest absolute Gasteiger partial charge is 0.147 e. The van der Waals surface area contributed by atoms with E-state index in [0.717, 1.165) is 12.1 Å². The Morgan fingerprint density at radius 2 is 2.11 bits per heavy atom. The summed E-state index contributed by atoms with van der Waals surface area (Å²) < 4.78 is 28.3. The number of nitrogens with one attached hydrogen (secondary N) is 1. The second kappa shape index (κ2) is 6.07. The molecule has 8 heteroatoms. The second-order valence-corrected chi connectivity index (χ2v) is 4.65. The average Bonchev–Trinajstić information content (AvgIpc) is 2.80. The number of hydrogen-bond donors (Lipinski definition) is 2. The highest BCUT2D eigenvalue weighted by Gasteiger charge is 2.08. The molecule has 0 aliphatic heterocycles. The molecule has 0 spiro atoms. The lowest BCUT2D eigenvalue weighted by atomic mass is 10.3. The number of rotatable bonds is 5. The summed E-state index contributed by atoms with van der Waals surface area (Å²) in [7, 11) is 0. The van der Waals surface area contributed by atoms with E-state index >= 15 is 0 Å². The monoisotopic (exact) mass is 332 g/mol. The Hall–Kier alpha value is -1.54. The molecule has 0 radical (unpaired) electrons. The van der Waals surface area contributed by atoms with Gasteiger partial charge in [-0.3, -0.25) is 0 Å². The molecule has 0 amide bonds. The van der Waals surface area contributed by atoms with E-state index in [9.17, 15) is 8.78 Å². The van der Waals surface area contributed by atoms with Crippen LogP contribution in [0.3, 0.4) is 0 Å². The Bertz CT molecular complexity index is 576. The maximum Gasteiger partial charge on any atom is 0.147 e. The van der Waals surface area contributed by atoms with Crippen molar-refractivity contribution in [3.05, 3.63) is 40.1 Å². The third-order valence-corrected chi connectivity index (χ3v) is 2.99. The van der Waals surface area contributed by atoms with Gasteiger partial charge in [-0.1, -0.05) is 5.21 Å². The van der Waals surface area contributed by atoms with Gasteiger partial charge in [0.15, 0.2) is 0 Å².